The molecule has 2 unspecified atom stereocenters. The standard InChI is InChI=1S/C24H27N3O2S/c1-15-13-26-24(30-15)27-23(28)18-10-17-4-2-3-5-19(17)20(11-18)21-12-22(21)25-14-16-6-8-29-9-7-16/h2-5,10-11,13,16,21-22,25H,6-9,12,14H2,1H3,(H,26,27,28). The number of hydrogen-bond acceptors (Lipinski definition) is 5. The van der Waals surface area contributed by atoms with Crippen LogP contribution < -0.4 is 10.6 Å². The summed E-state index contributed by atoms with van der Waals surface area (Å²) in [5.41, 5.74) is 1.98. The van der Waals surface area contributed by atoms with E-state index < -0.39 is 0 Å². The molecule has 30 heavy (non-hydrogen) atoms. The number of anilines is 1. The number of ether oxygens (including phenoxy) is 1. The normalized spacial score (nSPS) is 21.6. The number of nitrogens with zero attached hydrogens (tertiary/aromatic N) is 1. The molecule has 2 N–H and O–H groups in total. The summed E-state index contributed by atoms with van der Waals surface area (Å²) < 4.78 is 5.47. The lowest BCUT2D eigenvalue weighted by Crippen LogP contribution is -2.29. The van der Waals surface area contributed by atoms with Crippen LogP contribution in [0.25, 0.3) is 10.8 Å². The van der Waals surface area contributed by atoms with E-state index in [1.54, 1.807) is 6.20 Å². The lowest BCUT2D eigenvalue weighted by molar-refractivity contribution is 0.0662. The van der Waals surface area contributed by atoms with E-state index >= 15 is 0 Å². The molecule has 3 aromatic rings. The van der Waals surface area contributed by atoms with E-state index in [9.17, 15) is 4.79 Å². The van der Waals surface area contributed by atoms with Crippen LogP contribution in [0.15, 0.2) is 42.6 Å². The Hall–Kier alpha value is -2.28. The van der Waals surface area contributed by atoms with Gasteiger partial charge in [-0.25, -0.2) is 4.98 Å². The maximum absolute atomic E-state index is 12.9. The summed E-state index contributed by atoms with van der Waals surface area (Å²) in [7, 11) is 0. The average Bonchev–Trinajstić information content (AvgIpc) is 3.44. The first-order chi connectivity index (χ1) is 14.7. The van der Waals surface area contributed by atoms with E-state index in [1.807, 2.05) is 19.1 Å². The van der Waals surface area contributed by atoms with E-state index in [4.69, 9.17) is 4.74 Å². The van der Waals surface area contributed by atoms with Crippen molar-refractivity contribution in [1.82, 2.24) is 10.3 Å². The molecule has 156 valence electrons. The van der Waals surface area contributed by atoms with Gasteiger partial charge in [-0.3, -0.25) is 10.1 Å². The van der Waals surface area contributed by atoms with Crippen LogP contribution in [-0.4, -0.2) is 36.7 Å². The van der Waals surface area contributed by atoms with Crippen molar-refractivity contribution in [3.8, 4) is 0 Å². The fourth-order valence-corrected chi connectivity index (χ4v) is 5.05. The summed E-state index contributed by atoms with van der Waals surface area (Å²) in [6.07, 6.45) is 5.22. The van der Waals surface area contributed by atoms with E-state index in [0.717, 1.165) is 55.2 Å². The number of thiazole rings is 1. The number of amides is 1. The zero-order chi connectivity index (χ0) is 20.5. The highest BCUT2D eigenvalue weighted by atomic mass is 32.1. The molecule has 2 heterocycles. The van der Waals surface area contributed by atoms with Crippen LogP contribution in [0.3, 0.4) is 0 Å². The van der Waals surface area contributed by atoms with Crippen molar-refractivity contribution in [3.63, 3.8) is 0 Å². The fraction of sp³-hybridized carbons (Fsp3) is 0.417. The zero-order valence-corrected chi connectivity index (χ0v) is 18.0. The Kier molecular flexibility index (Phi) is 5.54. The van der Waals surface area contributed by atoms with Crippen LogP contribution in [0, 0.1) is 12.8 Å². The van der Waals surface area contributed by atoms with Gasteiger partial charge < -0.3 is 10.1 Å². The van der Waals surface area contributed by atoms with Crippen LogP contribution >= 0.6 is 11.3 Å². The van der Waals surface area contributed by atoms with Crippen LogP contribution in [0.1, 0.15) is 46.0 Å². The first kappa shape index (κ1) is 19.7. The van der Waals surface area contributed by atoms with Gasteiger partial charge in [0.25, 0.3) is 5.91 Å². The number of fused-ring (bicyclic) bond motifs is 1. The zero-order valence-electron chi connectivity index (χ0n) is 17.2. The Bertz CT molecular complexity index is 1060. The Labute approximate surface area is 180 Å². The predicted octanol–water partition coefficient (Wildman–Crippen LogP) is 4.73. The molecule has 0 bridgehead atoms. The topological polar surface area (TPSA) is 63.2 Å². The molecule has 6 heteroatoms. The minimum Gasteiger partial charge on any atom is -0.381 e. The van der Waals surface area contributed by atoms with Crippen LogP contribution in [0.4, 0.5) is 5.13 Å². The van der Waals surface area contributed by atoms with Gasteiger partial charge in [0.2, 0.25) is 0 Å². The molecular formula is C24H27N3O2S. The minimum atomic E-state index is -0.0938. The molecule has 2 aliphatic rings. The average molecular weight is 422 g/mol. The van der Waals surface area contributed by atoms with Gasteiger partial charge in [-0.15, -0.1) is 11.3 Å². The van der Waals surface area contributed by atoms with Crippen LogP contribution in [0.5, 0.6) is 0 Å². The Morgan fingerprint density at radius 3 is 2.87 bits per heavy atom. The molecule has 1 aliphatic heterocycles. The van der Waals surface area contributed by atoms with Gasteiger partial charge in [-0.2, -0.15) is 0 Å². The lowest BCUT2D eigenvalue weighted by Gasteiger charge is -2.22. The van der Waals surface area contributed by atoms with Gasteiger partial charge in [0, 0.05) is 41.8 Å². The van der Waals surface area contributed by atoms with Crippen LogP contribution in [0.2, 0.25) is 0 Å². The predicted molar refractivity (Wildman–Crippen MR) is 121 cm³/mol. The van der Waals surface area contributed by atoms with Gasteiger partial charge in [-0.1, -0.05) is 24.3 Å². The van der Waals surface area contributed by atoms with Crippen LogP contribution in [-0.2, 0) is 4.74 Å². The third-order valence-corrected chi connectivity index (χ3v) is 7.03. The van der Waals surface area contributed by atoms with Gasteiger partial charge in [0.15, 0.2) is 5.13 Å². The highest BCUT2D eigenvalue weighted by Crippen LogP contribution is 2.44. The monoisotopic (exact) mass is 421 g/mol. The van der Waals surface area contributed by atoms with E-state index in [2.05, 4.69) is 39.9 Å². The molecule has 1 aliphatic carbocycles. The van der Waals surface area contributed by atoms with E-state index in [0.29, 0.717) is 22.7 Å². The molecule has 0 spiro atoms. The molecule has 2 fully saturated rings. The highest BCUT2D eigenvalue weighted by Gasteiger charge is 2.39. The van der Waals surface area contributed by atoms with Crippen molar-refractivity contribution in [3.05, 3.63) is 58.6 Å². The third-order valence-electron chi connectivity index (χ3n) is 6.20. The van der Waals surface area contributed by atoms with E-state index in [-0.39, 0.29) is 5.91 Å². The molecule has 1 saturated carbocycles. The number of hydrogen-bond donors (Lipinski definition) is 2. The minimum absolute atomic E-state index is 0.0938. The molecule has 2 atom stereocenters. The lowest BCUT2D eigenvalue weighted by atomic mass is 9.97. The van der Waals surface area contributed by atoms with Gasteiger partial charge in [0.1, 0.15) is 0 Å². The van der Waals surface area contributed by atoms with Crippen molar-refractivity contribution in [2.45, 2.75) is 38.1 Å². The molecule has 1 saturated heterocycles. The smallest absolute Gasteiger partial charge is 0.257 e. The number of carbonyl (C=O) groups is 1. The molecule has 5 rings (SSSR count). The number of aromatic nitrogens is 1. The molecular weight excluding hydrogens is 394 g/mol. The van der Waals surface area contributed by atoms with Crippen molar-refractivity contribution in [1.29, 1.82) is 0 Å². The Balaban J connectivity index is 1.34. The molecule has 1 amide bonds. The molecule has 2 aromatic carbocycles. The summed E-state index contributed by atoms with van der Waals surface area (Å²) in [4.78, 5) is 18.3. The summed E-state index contributed by atoms with van der Waals surface area (Å²) in [5, 5.41) is 9.73. The second-order valence-corrected chi connectivity index (χ2v) is 9.66. The van der Waals surface area contributed by atoms with Gasteiger partial charge in [0.05, 0.1) is 0 Å². The van der Waals surface area contributed by atoms with E-state index in [1.165, 1.54) is 22.3 Å². The third kappa shape index (κ3) is 4.26. The molecule has 5 nitrogen and oxygen atoms in total. The number of carbonyl (C=O) groups excluding carboxylic acids is 1. The Morgan fingerprint density at radius 1 is 1.23 bits per heavy atom. The summed E-state index contributed by atoms with van der Waals surface area (Å²) in [6.45, 7) is 4.83. The second-order valence-electron chi connectivity index (χ2n) is 8.43. The maximum atomic E-state index is 12.9. The summed E-state index contributed by atoms with van der Waals surface area (Å²) >= 11 is 1.50. The maximum Gasteiger partial charge on any atom is 0.257 e. The van der Waals surface area contributed by atoms with Crippen molar-refractivity contribution in [2.24, 2.45) is 5.92 Å². The summed E-state index contributed by atoms with van der Waals surface area (Å²) in [5.74, 6) is 1.09. The molecule has 0 radical (unpaired) electrons. The summed E-state index contributed by atoms with van der Waals surface area (Å²) in [6, 6.07) is 12.9. The highest BCUT2D eigenvalue weighted by molar-refractivity contribution is 7.15. The first-order valence-corrected chi connectivity index (χ1v) is 11.6. The fourth-order valence-electron chi connectivity index (χ4n) is 4.39. The number of nitrogens with one attached hydrogen (secondary N) is 2. The number of aryl methyl sites for hydroxylation is 1. The quantitative estimate of drug-likeness (QED) is 0.604. The van der Waals surface area contributed by atoms with Gasteiger partial charge >= 0.3 is 0 Å². The van der Waals surface area contributed by atoms with Crippen molar-refractivity contribution < 1.29 is 9.53 Å². The number of rotatable bonds is 6. The largest absolute Gasteiger partial charge is 0.381 e. The molecule has 1 aromatic heterocycles. The van der Waals surface area contributed by atoms with Gasteiger partial charge in [-0.05, 0) is 67.1 Å². The first-order valence-electron chi connectivity index (χ1n) is 10.7. The second kappa shape index (κ2) is 8.46. The number of benzene rings is 2. The van der Waals surface area contributed by atoms with Crippen molar-refractivity contribution >= 4 is 33.1 Å². The Morgan fingerprint density at radius 2 is 2.07 bits per heavy atom. The van der Waals surface area contributed by atoms with Crippen molar-refractivity contribution in [2.75, 3.05) is 25.1 Å². The SMILES string of the molecule is Cc1cnc(NC(=O)c2cc(C3CC3NCC3CCOCC3)c3ccccc3c2)s1.